The molecule has 2 aromatic rings. The van der Waals surface area contributed by atoms with Gasteiger partial charge in [-0.05, 0) is 55.3 Å². The van der Waals surface area contributed by atoms with Crippen molar-refractivity contribution in [1.82, 2.24) is 0 Å². The molecular weight excluding hydrogens is 232 g/mol. The third kappa shape index (κ3) is 2.92. The number of hydrogen-bond donors (Lipinski definition) is 2. The van der Waals surface area contributed by atoms with Gasteiger partial charge in [-0.1, -0.05) is 17.7 Å². The fourth-order valence-corrected chi connectivity index (χ4v) is 2.01. The van der Waals surface area contributed by atoms with E-state index in [9.17, 15) is 0 Å². The molecule has 3 heteroatoms. The van der Waals surface area contributed by atoms with Gasteiger partial charge in [0.15, 0.2) is 0 Å². The first-order valence-corrected chi connectivity index (χ1v) is 5.83. The van der Waals surface area contributed by atoms with Crippen LogP contribution in [0.4, 0.5) is 17.1 Å². The van der Waals surface area contributed by atoms with E-state index < -0.39 is 0 Å². The van der Waals surface area contributed by atoms with Crippen molar-refractivity contribution in [2.45, 2.75) is 13.8 Å². The van der Waals surface area contributed by atoms with Crippen LogP contribution in [0, 0.1) is 13.8 Å². The van der Waals surface area contributed by atoms with E-state index in [4.69, 9.17) is 17.3 Å². The summed E-state index contributed by atoms with van der Waals surface area (Å²) >= 11 is 5.95. The maximum Gasteiger partial charge on any atom is 0.0632 e. The van der Waals surface area contributed by atoms with E-state index in [0.29, 0.717) is 10.7 Å². The molecule has 0 heterocycles. The summed E-state index contributed by atoms with van der Waals surface area (Å²) < 4.78 is 0. The normalized spacial score (nSPS) is 10.3. The highest BCUT2D eigenvalue weighted by molar-refractivity contribution is 6.31. The Kier molecular flexibility index (Phi) is 3.25. The minimum atomic E-state index is 0.672. The van der Waals surface area contributed by atoms with Crippen LogP contribution in [-0.4, -0.2) is 0 Å². The molecule has 0 fully saturated rings. The molecule has 2 aromatic carbocycles. The number of hydrogen-bond acceptors (Lipinski definition) is 2. The molecular formula is C14H15ClN2. The molecule has 0 amide bonds. The van der Waals surface area contributed by atoms with Gasteiger partial charge < -0.3 is 11.1 Å². The van der Waals surface area contributed by atoms with Crippen molar-refractivity contribution in [2.75, 3.05) is 11.1 Å². The fourth-order valence-electron chi connectivity index (χ4n) is 1.84. The highest BCUT2D eigenvalue weighted by atomic mass is 35.5. The molecule has 0 aliphatic heterocycles. The van der Waals surface area contributed by atoms with Crippen LogP contribution in [0.5, 0.6) is 0 Å². The van der Waals surface area contributed by atoms with Gasteiger partial charge in [-0.15, -0.1) is 0 Å². The zero-order valence-corrected chi connectivity index (χ0v) is 10.7. The molecule has 2 nitrogen and oxygen atoms in total. The maximum absolute atomic E-state index is 5.95. The van der Waals surface area contributed by atoms with Crippen LogP contribution in [0.2, 0.25) is 5.02 Å². The Morgan fingerprint density at radius 1 is 1.00 bits per heavy atom. The van der Waals surface area contributed by atoms with Crippen LogP contribution in [0.3, 0.4) is 0 Å². The predicted octanol–water partition coefficient (Wildman–Crippen LogP) is 4.28. The first-order chi connectivity index (χ1) is 8.04. The van der Waals surface area contributed by atoms with Crippen LogP contribution >= 0.6 is 11.6 Å². The lowest BCUT2D eigenvalue weighted by Crippen LogP contribution is -1.96. The van der Waals surface area contributed by atoms with E-state index in [1.54, 1.807) is 12.1 Å². The summed E-state index contributed by atoms with van der Waals surface area (Å²) in [6.07, 6.45) is 0. The Bertz CT molecular complexity index is 530. The Balaban J connectivity index is 2.34. The van der Waals surface area contributed by atoms with Gasteiger partial charge in [-0.2, -0.15) is 0 Å². The summed E-state index contributed by atoms with van der Waals surface area (Å²) in [7, 11) is 0. The lowest BCUT2D eigenvalue weighted by molar-refractivity contribution is 1.37. The Morgan fingerprint density at radius 3 is 2.29 bits per heavy atom. The lowest BCUT2D eigenvalue weighted by Gasteiger charge is -2.11. The standard InChI is InChI=1S/C14H15ClN2/c1-9-5-10(2)7-12(6-9)17-14-8-11(15)3-4-13(14)16/h3-8,17H,16H2,1-2H3. The van der Waals surface area contributed by atoms with Crippen molar-refractivity contribution in [2.24, 2.45) is 0 Å². The van der Waals surface area contributed by atoms with Crippen LogP contribution < -0.4 is 11.1 Å². The topological polar surface area (TPSA) is 38.0 Å². The molecule has 88 valence electrons. The Hall–Kier alpha value is -1.67. The average Bonchev–Trinajstić information content (AvgIpc) is 2.22. The van der Waals surface area contributed by atoms with Crippen molar-refractivity contribution < 1.29 is 0 Å². The fraction of sp³-hybridized carbons (Fsp3) is 0.143. The Labute approximate surface area is 106 Å². The van der Waals surface area contributed by atoms with Gasteiger partial charge in [0.05, 0.1) is 11.4 Å². The Morgan fingerprint density at radius 2 is 1.65 bits per heavy atom. The molecule has 0 saturated carbocycles. The minimum absolute atomic E-state index is 0.672. The number of benzene rings is 2. The highest BCUT2D eigenvalue weighted by Crippen LogP contribution is 2.27. The summed E-state index contributed by atoms with van der Waals surface area (Å²) in [4.78, 5) is 0. The van der Waals surface area contributed by atoms with Crippen molar-refractivity contribution in [1.29, 1.82) is 0 Å². The smallest absolute Gasteiger partial charge is 0.0632 e. The average molecular weight is 247 g/mol. The molecule has 0 unspecified atom stereocenters. The van der Waals surface area contributed by atoms with Gasteiger partial charge in [0, 0.05) is 10.7 Å². The first-order valence-electron chi connectivity index (χ1n) is 5.45. The van der Waals surface area contributed by atoms with E-state index in [-0.39, 0.29) is 0 Å². The molecule has 0 spiro atoms. The van der Waals surface area contributed by atoms with E-state index >= 15 is 0 Å². The van der Waals surface area contributed by atoms with Gasteiger partial charge in [0.25, 0.3) is 0 Å². The second-order valence-electron chi connectivity index (χ2n) is 4.23. The molecule has 0 bridgehead atoms. The number of anilines is 3. The SMILES string of the molecule is Cc1cc(C)cc(Nc2cc(Cl)ccc2N)c1. The first kappa shape index (κ1) is 11.8. The minimum Gasteiger partial charge on any atom is -0.397 e. The zero-order valence-electron chi connectivity index (χ0n) is 9.92. The number of nitrogens with two attached hydrogens (primary N) is 1. The van der Waals surface area contributed by atoms with E-state index in [1.165, 1.54) is 11.1 Å². The van der Waals surface area contributed by atoms with E-state index in [0.717, 1.165) is 11.4 Å². The van der Waals surface area contributed by atoms with Gasteiger partial charge >= 0.3 is 0 Å². The molecule has 2 rings (SSSR count). The second-order valence-corrected chi connectivity index (χ2v) is 4.67. The monoisotopic (exact) mass is 246 g/mol. The third-order valence-electron chi connectivity index (χ3n) is 2.52. The maximum atomic E-state index is 5.95. The lowest BCUT2D eigenvalue weighted by atomic mass is 10.1. The summed E-state index contributed by atoms with van der Waals surface area (Å²) in [5.41, 5.74) is 10.9. The number of nitrogen functional groups attached to an aromatic ring is 1. The van der Waals surface area contributed by atoms with E-state index in [2.05, 4.69) is 37.4 Å². The van der Waals surface area contributed by atoms with Gasteiger partial charge in [0.2, 0.25) is 0 Å². The third-order valence-corrected chi connectivity index (χ3v) is 2.75. The molecule has 0 saturated heterocycles. The number of rotatable bonds is 2. The number of aryl methyl sites for hydroxylation is 2. The number of nitrogens with one attached hydrogen (secondary N) is 1. The quantitative estimate of drug-likeness (QED) is 0.776. The number of halogens is 1. The summed E-state index contributed by atoms with van der Waals surface area (Å²) in [5.74, 6) is 0. The van der Waals surface area contributed by atoms with Crippen LogP contribution in [-0.2, 0) is 0 Å². The van der Waals surface area contributed by atoms with Crippen LogP contribution in [0.25, 0.3) is 0 Å². The van der Waals surface area contributed by atoms with Gasteiger partial charge in [-0.3, -0.25) is 0 Å². The van der Waals surface area contributed by atoms with Gasteiger partial charge in [0.1, 0.15) is 0 Å². The van der Waals surface area contributed by atoms with Crippen molar-refractivity contribution in [3.8, 4) is 0 Å². The summed E-state index contributed by atoms with van der Waals surface area (Å²) in [5, 5.41) is 3.96. The molecule has 0 atom stereocenters. The van der Waals surface area contributed by atoms with E-state index in [1.807, 2.05) is 6.07 Å². The van der Waals surface area contributed by atoms with Crippen molar-refractivity contribution in [3.05, 3.63) is 52.5 Å². The zero-order chi connectivity index (χ0) is 12.4. The largest absolute Gasteiger partial charge is 0.397 e. The second kappa shape index (κ2) is 4.68. The van der Waals surface area contributed by atoms with Gasteiger partial charge in [-0.25, -0.2) is 0 Å². The molecule has 0 aliphatic carbocycles. The van der Waals surface area contributed by atoms with Crippen molar-refractivity contribution in [3.63, 3.8) is 0 Å². The molecule has 3 N–H and O–H groups in total. The molecule has 17 heavy (non-hydrogen) atoms. The predicted molar refractivity (Wildman–Crippen MR) is 75.1 cm³/mol. The molecule has 0 aromatic heterocycles. The summed E-state index contributed by atoms with van der Waals surface area (Å²) in [6, 6.07) is 11.7. The molecule has 0 aliphatic rings. The van der Waals surface area contributed by atoms with Crippen LogP contribution in [0.1, 0.15) is 11.1 Å². The molecule has 0 radical (unpaired) electrons. The van der Waals surface area contributed by atoms with Crippen LogP contribution in [0.15, 0.2) is 36.4 Å². The highest BCUT2D eigenvalue weighted by Gasteiger charge is 2.02. The van der Waals surface area contributed by atoms with Crippen molar-refractivity contribution >= 4 is 28.7 Å². The summed E-state index contributed by atoms with van der Waals surface area (Å²) in [6.45, 7) is 4.14.